The molecule has 1 N–H and O–H groups in total. The molecule has 28 heavy (non-hydrogen) atoms. The summed E-state index contributed by atoms with van der Waals surface area (Å²) in [7, 11) is 0. The zero-order valence-electron chi connectivity index (χ0n) is 15.7. The van der Waals surface area contributed by atoms with Crippen molar-refractivity contribution in [3.8, 4) is 11.5 Å². The summed E-state index contributed by atoms with van der Waals surface area (Å²) in [5, 5.41) is 2.89. The van der Waals surface area contributed by atoms with Gasteiger partial charge in [0.2, 0.25) is 18.6 Å². The topological polar surface area (TPSA) is 67.9 Å². The first-order valence-corrected chi connectivity index (χ1v) is 9.40. The van der Waals surface area contributed by atoms with Gasteiger partial charge >= 0.3 is 0 Å². The molecule has 144 valence electrons. The van der Waals surface area contributed by atoms with Gasteiger partial charge in [0.15, 0.2) is 11.5 Å². The molecule has 2 amide bonds. The van der Waals surface area contributed by atoms with Gasteiger partial charge in [0.25, 0.3) is 0 Å². The van der Waals surface area contributed by atoms with E-state index in [9.17, 15) is 9.59 Å². The van der Waals surface area contributed by atoms with Crippen LogP contribution >= 0.6 is 0 Å². The van der Waals surface area contributed by atoms with E-state index in [1.807, 2.05) is 48.2 Å². The van der Waals surface area contributed by atoms with Gasteiger partial charge in [-0.3, -0.25) is 9.59 Å². The molecule has 0 saturated heterocycles. The third-order valence-electron chi connectivity index (χ3n) is 4.97. The van der Waals surface area contributed by atoms with E-state index >= 15 is 0 Å². The molecule has 2 aliphatic rings. The summed E-state index contributed by atoms with van der Waals surface area (Å²) in [4.78, 5) is 26.1. The summed E-state index contributed by atoms with van der Waals surface area (Å²) in [6, 6.07) is 11.4. The Balaban J connectivity index is 1.41. The Morgan fingerprint density at radius 1 is 1.11 bits per heavy atom. The number of nitrogens with zero attached hydrogens (tertiary/aromatic N) is 1. The fourth-order valence-electron chi connectivity index (χ4n) is 3.44. The molecule has 2 aromatic rings. The van der Waals surface area contributed by atoms with Crippen LogP contribution in [0.5, 0.6) is 11.5 Å². The summed E-state index contributed by atoms with van der Waals surface area (Å²) in [6.45, 7) is 3.45. The number of carbonyl (C=O) groups excluding carboxylic acids is 2. The van der Waals surface area contributed by atoms with Gasteiger partial charge in [0.1, 0.15) is 0 Å². The minimum Gasteiger partial charge on any atom is -0.454 e. The molecule has 2 aliphatic heterocycles. The zero-order valence-corrected chi connectivity index (χ0v) is 15.7. The van der Waals surface area contributed by atoms with E-state index in [4.69, 9.17) is 9.47 Å². The van der Waals surface area contributed by atoms with E-state index in [2.05, 4.69) is 5.32 Å². The lowest BCUT2D eigenvalue weighted by molar-refractivity contribution is -0.131. The number of nitrogens with one attached hydrogen (secondary N) is 1. The van der Waals surface area contributed by atoms with Gasteiger partial charge in [-0.15, -0.1) is 0 Å². The minimum atomic E-state index is -0.213. The maximum atomic E-state index is 12.3. The summed E-state index contributed by atoms with van der Waals surface area (Å²) < 4.78 is 10.6. The minimum absolute atomic E-state index is 0.159. The number of rotatable bonds is 4. The van der Waals surface area contributed by atoms with Crippen molar-refractivity contribution in [3.05, 3.63) is 59.2 Å². The molecule has 6 nitrogen and oxygen atoms in total. The quantitative estimate of drug-likeness (QED) is 0.829. The van der Waals surface area contributed by atoms with Gasteiger partial charge in [-0.2, -0.15) is 0 Å². The number of carbonyl (C=O) groups is 2. The molecular formula is C22H22N2O4. The zero-order chi connectivity index (χ0) is 19.5. The van der Waals surface area contributed by atoms with E-state index in [1.165, 1.54) is 11.6 Å². The maximum absolute atomic E-state index is 12.3. The van der Waals surface area contributed by atoms with Gasteiger partial charge in [0, 0.05) is 31.3 Å². The molecule has 0 saturated carbocycles. The second kappa shape index (κ2) is 7.76. The van der Waals surface area contributed by atoms with E-state index in [1.54, 1.807) is 6.08 Å². The van der Waals surface area contributed by atoms with Crippen LogP contribution in [0.25, 0.3) is 6.08 Å². The van der Waals surface area contributed by atoms with Crippen LogP contribution in [-0.2, 0) is 22.6 Å². The Hall–Kier alpha value is -3.28. The van der Waals surface area contributed by atoms with Crippen LogP contribution in [-0.4, -0.2) is 30.1 Å². The van der Waals surface area contributed by atoms with Crippen molar-refractivity contribution >= 4 is 23.6 Å². The van der Waals surface area contributed by atoms with Crippen molar-refractivity contribution in [2.24, 2.45) is 0 Å². The Kier molecular flexibility index (Phi) is 5.02. The largest absolute Gasteiger partial charge is 0.454 e. The number of amides is 2. The second-order valence-electron chi connectivity index (χ2n) is 6.84. The molecule has 6 heteroatoms. The number of anilines is 1. The summed E-state index contributed by atoms with van der Waals surface area (Å²) in [5.41, 5.74) is 3.91. The van der Waals surface area contributed by atoms with Crippen molar-refractivity contribution in [1.82, 2.24) is 4.90 Å². The van der Waals surface area contributed by atoms with Crippen LogP contribution in [0.1, 0.15) is 30.0 Å². The first-order chi connectivity index (χ1) is 13.6. The lowest BCUT2D eigenvalue weighted by Gasteiger charge is -2.29. The first-order valence-electron chi connectivity index (χ1n) is 9.40. The monoisotopic (exact) mass is 378 g/mol. The Labute approximate surface area is 163 Å². The van der Waals surface area contributed by atoms with E-state index in [-0.39, 0.29) is 18.6 Å². The molecule has 2 aromatic carbocycles. The lowest BCUT2D eigenvalue weighted by Crippen LogP contribution is -2.35. The van der Waals surface area contributed by atoms with E-state index in [0.717, 1.165) is 29.8 Å². The van der Waals surface area contributed by atoms with Crippen LogP contribution in [0.15, 0.2) is 42.5 Å². The first kappa shape index (κ1) is 18.1. The SMILES string of the molecule is CCC(=O)N1CCc2ccc(NC(=O)/C=C/c3ccc4c(c3)OCO4)cc2C1. The third-order valence-corrected chi connectivity index (χ3v) is 4.97. The van der Waals surface area contributed by atoms with Crippen LogP contribution < -0.4 is 14.8 Å². The molecule has 0 radical (unpaired) electrons. The highest BCUT2D eigenvalue weighted by molar-refractivity contribution is 6.02. The molecule has 4 rings (SSSR count). The smallest absolute Gasteiger partial charge is 0.248 e. The maximum Gasteiger partial charge on any atom is 0.248 e. The molecule has 2 heterocycles. The van der Waals surface area contributed by atoms with E-state index < -0.39 is 0 Å². The normalized spacial score (nSPS) is 14.8. The fourth-order valence-corrected chi connectivity index (χ4v) is 3.44. The summed E-state index contributed by atoms with van der Waals surface area (Å²) in [6.07, 6.45) is 4.58. The number of benzene rings is 2. The van der Waals surface area contributed by atoms with Crippen molar-refractivity contribution in [1.29, 1.82) is 0 Å². The number of fused-ring (bicyclic) bond motifs is 2. The highest BCUT2D eigenvalue weighted by Gasteiger charge is 2.19. The van der Waals surface area contributed by atoms with Crippen LogP contribution in [0.4, 0.5) is 5.69 Å². The van der Waals surface area contributed by atoms with Crippen molar-refractivity contribution < 1.29 is 19.1 Å². The van der Waals surface area contributed by atoms with Crippen LogP contribution in [0.2, 0.25) is 0 Å². The lowest BCUT2D eigenvalue weighted by atomic mass is 9.99. The van der Waals surface area contributed by atoms with E-state index in [0.29, 0.717) is 24.5 Å². The van der Waals surface area contributed by atoms with Crippen molar-refractivity contribution in [3.63, 3.8) is 0 Å². The predicted octanol–water partition coefficient (Wildman–Crippen LogP) is 3.36. The van der Waals surface area contributed by atoms with Crippen molar-refractivity contribution in [2.45, 2.75) is 26.3 Å². The van der Waals surface area contributed by atoms with Gasteiger partial charge < -0.3 is 19.7 Å². The predicted molar refractivity (Wildman–Crippen MR) is 106 cm³/mol. The standard InChI is InChI=1S/C22H22N2O4/c1-2-22(26)24-10-9-16-5-6-18(12-17(16)13-24)23-21(25)8-4-15-3-7-19-20(11-15)28-14-27-19/h3-8,11-12H,2,9-10,13-14H2,1H3,(H,23,25)/b8-4+. The molecular weight excluding hydrogens is 356 g/mol. The highest BCUT2D eigenvalue weighted by Crippen LogP contribution is 2.32. The molecule has 0 unspecified atom stereocenters. The fraction of sp³-hybridized carbons (Fsp3) is 0.273. The van der Waals surface area contributed by atoms with Gasteiger partial charge in [-0.25, -0.2) is 0 Å². The van der Waals surface area contributed by atoms with Gasteiger partial charge in [-0.1, -0.05) is 19.1 Å². The molecule has 0 spiro atoms. The Morgan fingerprint density at radius 3 is 2.82 bits per heavy atom. The van der Waals surface area contributed by atoms with Crippen molar-refractivity contribution in [2.75, 3.05) is 18.7 Å². The Morgan fingerprint density at radius 2 is 1.96 bits per heavy atom. The van der Waals surface area contributed by atoms with Crippen LogP contribution in [0, 0.1) is 0 Å². The second-order valence-corrected chi connectivity index (χ2v) is 6.84. The molecule has 0 atom stereocenters. The third kappa shape index (κ3) is 3.86. The summed E-state index contributed by atoms with van der Waals surface area (Å²) >= 11 is 0. The molecule has 0 aliphatic carbocycles. The van der Waals surface area contributed by atoms with Gasteiger partial charge in [-0.05, 0) is 53.5 Å². The Bertz CT molecular complexity index is 952. The number of hydrogen-bond acceptors (Lipinski definition) is 4. The summed E-state index contributed by atoms with van der Waals surface area (Å²) in [5.74, 6) is 1.34. The number of ether oxygens (including phenoxy) is 2. The van der Waals surface area contributed by atoms with Crippen LogP contribution in [0.3, 0.4) is 0 Å². The highest BCUT2D eigenvalue weighted by atomic mass is 16.7. The number of hydrogen-bond donors (Lipinski definition) is 1. The molecule has 0 aromatic heterocycles. The molecule has 0 bridgehead atoms. The average molecular weight is 378 g/mol. The average Bonchev–Trinajstić information content (AvgIpc) is 3.19. The van der Waals surface area contributed by atoms with Gasteiger partial charge in [0.05, 0.1) is 0 Å². The molecule has 0 fully saturated rings.